The zero-order valence-electron chi connectivity index (χ0n) is 12.5. The molecule has 0 fully saturated rings. The first-order chi connectivity index (χ1) is 10.0. The van der Waals surface area contributed by atoms with Crippen LogP contribution in [0.2, 0.25) is 0 Å². The van der Waals surface area contributed by atoms with Gasteiger partial charge >= 0.3 is 0 Å². The Balaban J connectivity index is 2.13. The average molecular weight is 301 g/mol. The van der Waals surface area contributed by atoms with Crippen molar-refractivity contribution in [1.82, 2.24) is 4.90 Å². The van der Waals surface area contributed by atoms with Gasteiger partial charge in [-0.1, -0.05) is 18.2 Å². The number of hydrogen-bond acceptors (Lipinski definition) is 4. The van der Waals surface area contributed by atoms with E-state index in [2.05, 4.69) is 11.6 Å². The van der Waals surface area contributed by atoms with Gasteiger partial charge in [-0.05, 0) is 35.5 Å². The topological polar surface area (TPSA) is 35.9 Å². The third kappa shape index (κ3) is 3.76. The standard InChI is InChI=1S/C16H19N3OS/c1-5-10-19(4)16-17-15(20)14(21-16)11-12-6-8-13(9-7-12)18(2)3/h5-9,11H,1,10H2,2-4H3/b14-11-. The molecule has 21 heavy (non-hydrogen) atoms. The molecule has 0 N–H and O–H groups in total. The summed E-state index contributed by atoms with van der Waals surface area (Å²) in [6.45, 7) is 4.36. The van der Waals surface area contributed by atoms with Gasteiger partial charge in [0.2, 0.25) is 0 Å². The van der Waals surface area contributed by atoms with Crippen LogP contribution in [0, 0.1) is 0 Å². The summed E-state index contributed by atoms with van der Waals surface area (Å²) in [7, 11) is 5.90. The Labute approximate surface area is 129 Å². The Morgan fingerprint density at radius 2 is 1.90 bits per heavy atom. The van der Waals surface area contributed by atoms with Gasteiger partial charge in [0.15, 0.2) is 5.17 Å². The minimum atomic E-state index is -0.178. The Morgan fingerprint density at radius 1 is 1.24 bits per heavy atom. The number of carbonyl (C=O) groups excluding carboxylic acids is 1. The van der Waals surface area contributed by atoms with Gasteiger partial charge in [-0.3, -0.25) is 4.79 Å². The van der Waals surface area contributed by atoms with Gasteiger partial charge in [0.05, 0.1) is 4.91 Å². The van der Waals surface area contributed by atoms with Crippen LogP contribution in [0.5, 0.6) is 0 Å². The first kappa shape index (κ1) is 15.4. The molecule has 110 valence electrons. The van der Waals surface area contributed by atoms with Crippen LogP contribution in [0.4, 0.5) is 5.69 Å². The van der Waals surface area contributed by atoms with Crippen molar-refractivity contribution in [3.05, 3.63) is 47.4 Å². The molecule has 2 rings (SSSR count). The van der Waals surface area contributed by atoms with Crippen LogP contribution in [0.15, 0.2) is 46.8 Å². The van der Waals surface area contributed by atoms with Gasteiger partial charge in [-0.15, -0.1) is 6.58 Å². The van der Waals surface area contributed by atoms with Crippen LogP contribution < -0.4 is 4.90 Å². The molecule has 1 amide bonds. The summed E-state index contributed by atoms with van der Waals surface area (Å²) >= 11 is 1.40. The summed E-state index contributed by atoms with van der Waals surface area (Å²) in [6.07, 6.45) is 3.67. The third-order valence-corrected chi connectivity index (χ3v) is 4.14. The second kappa shape index (κ2) is 6.63. The van der Waals surface area contributed by atoms with Crippen molar-refractivity contribution in [2.45, 2.75) is 0 Å². The Morgan fingerprint density at radius 3 is 2.48 bits per heavy atom. The van der Waals surface area contributed by atoms with Crippen LogP contribution in [0.1, 0.15) is 5.56 Å². The molecule has 1 aliphatic heterocycles. The van der Waals surface area contributed by atoms with Crippen molar-refractivity contribution in [1.29, 1.82) is 0 Å². The number of hydrogen-bond donors (Lipinski definition) is 0. The Bertz CT molecular complexity index is 602. The first-order valence-corrected chi connectivity index (χ1v) is 7.45. The maximum Gasteiger partial charge on any atom is 0.286 e. The highest BCUT2D eigenvalue weighted by atomic mass is 32.2. The molecule has 0 aromatic heterocycles. The molecule has 1 heterocycles. The van der Waals surface area contributed by atoms with Crippen molar-refractivity contribution in [3.63, 3.8) is 0 Å². The molecule has 0 saturated heterocycles. The van der Waals surface area contributed by atoms with E-state index in [0.29, 0.717) is 11.4 Å². The fourth-order valence-electron chi connectivity index (χ4n) is 1.85. The predicted molar refractivity (Wildman–Crippen MR) is 91.6 cm³/mol. The van der Waals surface area contributed by atoms with Crippen LogP contribution in [0.25, 0.3) is 6.08 Å². The summed E-state index contributed by atoms with van der Waals surface area (Å²) in [5, 5.41) is 0.719. The van der Waals surface area contributed by atoms with E-state index in [1.54, 1.807) is 6.08 Å². The van der Waals surface area contributed by atoms with Crippen molar-refractivity contribution < 1.29 is 4.79 Å². The monoisotopic (exact) mass is 301 g/mol. The van der Waals surface area contributed by atoms with Crippen LogP contribution in [-0.2, 0) is 4.79 Å². The van der Waals surface area contributed by atoms with Crippen molar-refractivity contribution in [2.75, 3.05) is 32.6 Å². The Kier molecular flexibility index (Phi) is 4.85. The highest BCUT2D eigenvalue weighted by Gasteiger charge is 2.23. The summed E-state index contributed by atoms with van der Waals surface area (Å²) in [5.41, 5.74) is 2.13. The van der Waals surface area contributed by atoms with E-state index in [-0.39, 0.29) is 5.91 Å². The number of likely N-dealkylation sites (N-methyl/N-ethyl adjacent to an activating group) is 1. The third-order valence-electron chi connectivity index (χ3n) is 3.05. The lowest BCUT2D eigenvalue weighted by atomic mass is 10.2. The molecule has 0 spiro atoms. The van der Waals surface area contributed by atoms with E-state index in [1.165, 1.54) is 11.8 Å². The largest absolute Gasteiger partial charge is 0.378 e. The molecule has 0 radical (unpaired) electrons. The van der Waals surface area contributed by atoms with E-state index < -0.39 is 0 Å². The molecule has 1 aliphatic rings. The molecule has 4 nitrogen and oxygen atoms in total. The number of amides is 1. The van der Waals surface area contributed by atoms with E-state index >= 15 is 0 Å². The second-order valence-corrected chi connectivity index (χ2v) is 5.97. The fraction of sp³-hybridized carbons (Fsp3) is 0.250. The van der Waals surface area contributed by atoms with Crippen LogP contribution in [-0.4, -0.2) is 43.7 Å². The van der Waals surface area contributed by atoms with Gasteiger partial charge < -0.3 is 9.80 Å². The van der Waals surface area contributed by atoms with Gasteiger partial charge in [-0.25, -0.2) is 0 Å². The summed E-state index contributed by atoms with van der Waals surface area (Å²) in [5.74, 6) is -0.178. The molecule has 5 heteroatoms. The molecule has 0 atom stereocenters. The Hall–Kier alpha value is -2.01. The predicted octanol–water partition coefficient (Wildman–Crippen LogP) is 2.84. The maximum atomic E-state index is 11.9. The maximum absolute atomic E-state index is 11.9. The number of carbonyl (C=O) groups is 1. The van der Waals surface area contributed by atoms with Crippen LogP contribution >= 0.6 is 11.8 Å². The van der Waals surface area contributed by atoms with Crippen molar-refractivity contribution in [3.8, 4) is 0 Å². The highest BCUT2D eigenvalue weighted by Crippen LogP contribution is 2.30. The van der Waals surface area contributed by atoms with Crippen molar-refractivity contribution in [2.24, 2.45) is 4.99 Å². The van der Waals surface area contributed by atoms with Crippen molar-refractivity contribution >= 4 is 34.6 Å². The van der Waals surface area contributed by atoms with E-state index in [4.69, 9.17) is 0 Å². The molecule has 0 aliphatic carbocycles. The van der Waals surface area contributed by atoms with Gasteiger partial charge in [0, 0.05) is 33.4 Å². The summed E-state index contributed by atoms with van der Waals surface area (Å²) in [6, 6.07) is 8.06. The number of anilines is 1. The van der Waals surface area contributed by atoms with E-state index in [0.717, 1.165) is 16.4 Å². The number of thioether (sulfide) groups is 1. The van der Waals surface area contributed by atoms with E-state index in [9.17, 15) is 4.79 Å². The number of nitrogens with zero attached hydrogens (tertiary/aromatic N) is 3. The van der Waals surface area contributed by atoms with Gasteiger partial charge in [-0.2, -0.15) is 4.99 Å². The van der Waals surface area contributed by atoms with Gasteiger partial charge in [0.25, 0.3) is 5.91 Å². The van der Waals surface area contributed by atoms with E-state index in [1.807, 2.05) is 61.3 Å². The number of aliphatic imine (C=N–C) groups is 1. The lowest BCUT2D eigenvalue weighted by Gasteiger charge is -2.14. The lowest BCUT2D eigenvalue weighted by Crippen LogP contribution is -2.22. The zero-order valence-corrected chi connectivity index (χ0v) is 13.4. The normalized spacial score (nSPS) is 16.0. The number of amidine groups is 1. The van der Waals surface area contributed by atoms with Gasteiger partial charge in [0.1, 0.15) is 0 Å². The molecular formula is C16H19N3OS. The first-order valence-electron chi connectivity index (χ1n) is 6.63. The zero-order chi connectivity index (χ0) is 15.4. The minimum Gasteiger partial charge on any atom is -0.378 e. The highest BCUT2D eigenvalue weighted by molar-refractivity contribution is 8.18. The number of benzene rings is 1. The molecule has 0 saturated carbocycles. The molecule has 0 unspecified atom stereocenters. The smallest absolute Gasteiger partial charge is 0.286 e. The fourth-order valence-corrected chi connectivity index (χ4v) is 2.74. The summed E-state index contributed by atoms with van der Waals surface area (Å²) in [4.78, 5) is 20.6. The molecule has 1 aromatic rings. The molecule has 1 aromatic carbocycles. The lowest BCUT2D eigenvalue weighted by molar-refractivity contribution is -0.113. The molecular weight excluding hydrogens is 282 g/mol. The molecule has 0 bridgehead atoms. The summed E-state index contributed by atoms with van der Waals surface area (Å²) < 4.78 is 0. The quantitative estimate of drug-likeness (QED) is 0.633. The second-order valence-electron chi connectivity index (χ2n) is 4.97. The SMILES string of the molecule is C=CCN(C)C1=NC(=O)/C(=C/c2ccc(N(C)C)cc2)S1. The van der Waals surface area contributed by atoms with Crippen LogP contribution in [0.3, 0.4) is 0 Å². The average Bonchev–Trinajstić information content (AvgIpc) is 2.81. The number of rotatable bonds is 4. The minimum absolute atomic E-state index is 0.178.